The fraction of sp³-hybridized carbons (Fsp3) is 0.111. The van der Waals surface area contributed by atoms with Gasteiger partial charge in [-0.2, -0.15) is 5.10 Å². The molecule has 1 aromatic heterocycles. The third-order valence-electron chi connectivity index (χ3n) is 3.58. The van der Waals surface area contributed by atoms with Crippen LogP contribution in [0.4, 0.5) is 11.6 Å². The van der Waals surface area contributed by atoms with Gasteiger partial charge >= 0.3 is 0 Å². The van der Waals surface area contributed by atoms with E-state index in [0.717, 1.165) is 21.3 Å². The standard InChI is InChI=1S/C18H18BrN7OS/c1-12-2-8-15(9-3-12)22-16(27)11-28-18-25-24-17(26(18)20)23-21-10-13-4-6-14(19)7-5-13/h2-10H,11,20H2,1H3,(H,22,27)(H,23,24)/b21-10+. The van der Waals surface area contributed by atoms with Gasteiger partial charge in [0.05, 0.1) is 12.0 Å². The molecule has 2 aromatic carbocycles. The Labute approximate surface area is 174 Å². The lowest BCUT2D eigenvalue weighted by Gasteiger charge is -2.05. The lowest BCUT2D eigenvalue weighted by atomic mass is 10.2. The highest BCUT2D eigenvalue weighted by Crippen LogP contribution is 2.17. The van der Waals surface area contributed by atoms with Gasteiger partial charge in [0, 0.05) is 10.2 Å². The lowest BCUT2D eigenvalue weighted by Crippen LogP contribution is -2.16. The van der Waals surface area contributed by atoms with Gasteiger partial charge in [0.2, 0.25) is 11.1 Å². The summed E-state index contributed by atoms with van der Waals surface area (Å²) in [5.74, 6) is 6.23. The van der Waals surface area contributed by atoms with Gasteiger partial charge < -0.3 is 11.2 Å². The van der Waals surface area contributed by atoms with Crippen LogP contribution in [0.1, 0.15) is 11.1 Å². The number of amides is 1. The fourth-order valence-electron chi connectivity index (χ4n) is 2.13. The van der Waals surface area contributed by atoms with E-state index in [1.165, 1.54) is 16.4 Å². The maximum Gasteiger partial charge on any atom is 0.264 e. The van der Waals surface area contributed by atoms with E-state index in [0.29, 0.717) is 5.16 Å². The summed E-state index contributed by atoms with van der Waals surface area (Å²) in [7, 11) is 0. The van der Waals surface area contributed by atoms with Crippen LogP contribution >= 0.6 is 27.7 Å². The zero-order valence-corrected chi connectivity index (χ0v) is 17.4. The third-order valence-corrected chi connectivity index (χ3v) is 5.05. The predicted octanol–water partition coefficient (Wildman–Crippen LogP) is 3.24. The van der Waals surface area contributed by atoms with Crippen molar-refractivity contribution in [1.82, 2.24) is 14.9 Å². The van der Waals surface area contributed by atoms with E-state index in [1.54, 1.807) is 6.21 Å². The number of nitrogens with two attached hydrogens (primary N) is 1. The number of thioether (sulfide) groups is 1. The van der Waals surface area contributed by atoms with Crippen LogP contribution < -0.4 is 16.6 Å². The monoisotopic (exact) mass is 459 g/mol. The molecule has 0 fully saturated rings. The molecule has 1 heterocycles. The Morgan fingerprint density at radius 2 is 1.93 bits per heavy atom. The van der Waals surface area contributed by atoms with Gasteiger partial charge in [-0.25, -0.2) is 10.1 Å². The van der Waals surface area contributed by atoms with Gasteiger partial charge in [0.1, 0.15) is 0 Å². The number of hydrogen-bond acceptors (Lipinski definition) is 7. The van der Waals surface area contributed by atoms with E-state index >= 15 is 0 Å². The second-order valence-corrected chi connectivity index (χ2v) is 7.66. The topological polar surface area (TPSA) is 110 Å². The first kappa shape index (κ1) is 19.9. The van der Waals surface area contributed by atoms with Gasteiger partial charge in [-0.05, 0) is 36.8 Å². The van der Waals surface area contributed by atoms with Crippen LogP contribution in [0.5, 0.6) is 0 Å². The highest BCUT2D eigenvalue weighted by Gasteiger charge is 2.12. The van der Waals surface area contributed by atoms with Crippen LogP contribution in [0, 0.1) is 6.92 Å². The molecule has 4 N–H and O–H groups in total. The van der Waals surface area contributed by atoms with Gasteiger partial charge in [-0.1, -0.05) is 57.5 Å². The van der Waals surface area contributed by atoms with E-state index in [9.17, 15) is 4.79 Å². The molecule has 0 unspecified atom stereocenters. The number of aryl methyl sites for hydroxylation is 1. The maximum absolute atomic E-state index is 12.1. The number of nitrogens with zero attached hydrogens (tertiary/aromatic N) is 4. The van der Waals surface area contributed by atoms with Crippen LogP contribution in [-0.2, 0) is 4.79 Å². The number of halogens is 1. The first-order valence-corrected chi connectivity index (χ1v) is 10.0. The quantitative estimate of drug-likeness (QED) is 0.216. The Bertz CT molecular complexity index is 971. The summed E-state index contributed by atoms with van der Waals surface area (Å²) in [6.07, 6.45) is 1.64. The molecule has 0 aliphatic heterocycles. The lowest BCUT2D eigenvalue weighted by molar-refractivity contribution is -0.113. The molecular weight excluding hydrogens is 442 g/mol. The molecule has 10 heteroatoms. The van der Waals surface area contributed by atoms with E-state index < -0.39 is 0 Å². The van der Waals surface area contributed by atoms with Crippen molar-refractivity contribution >= 4 is 51.4 Å². The largest absolute Gasteiger partial charge is 0.334 e. The molecule has 0 radical (unpaired) electrons. The Hall–Kier alpha value is -2.85. The van der Waals surface area contributed by atoms with Crippen molar-refractivity contribution in [3.63, 3.8) is 0 Å². The number of nitrogen functional groups attached to an aromatic ring is 1. The van der Waals surface area contributed by atoms with Crippen molar-refractivity contribution < 1.29 is 4.79 Å². The van der Waals surface area contributed by atoms with Crippen molar-refractivity contribution in [3.8, 4) is 0 Å². The number of carbonyl (C=O) groups excluding carboxylic acids is 1. The van der Waals surface area contributed by atoms with Crippen LogP contribution in [-0.4, -0.2) is 32.7 Å². The van der Waals surface area contributed by atoms with Crippen molar-refractivity contribution in [1.29, 1.82) is 0 Å². The number of nitrogens with one attached hydrogen (secondary N) is 2. The van der Waals surface area contributed by atoms with Crippen molar-refractivity contribution in [3.05, 3.63) is 64.1 Å². The molecule has 0 spiro atoms. The van der Waals surface area contributed by atoms with Crippen LogP contribution in [0.3, 0.4) is 0 Å². The Balaban J connectivity index is 1.51. The molecule has 1 amide bonds. The molecule has 0 aliphatic carbocycles. The van der Waals surface area contributed by atoms with Crippen LogP contribution in [0.25, 0.3) is 0 Å². The number of anilines is 2. The molecular formula is C18H18BrN7OS. The number of benzene rings is 2. The average molecular weight is 460 g/mol. The molecule has 3 rings (SSSR count). The average Bonchev–Trinajstić information content (AvgIpc) is 3.03. The number of aromatic nitrogens is 3. The minimum atomic E-state index is -0.153. The fourth-order valence-corrected chi connectivity index (χ4v) is 3.05. The highest BCUT2D eigenvalue weighted by molar-refractivity contribution is 9.10. The zero-order valence-electron chi connectivity index (χ0n) is 15.0. The first-order chi connectivity index (χ1) is 13.5. The summed E-state index contributed by atoms with van der Waals surface area (Å²) in [6, 6.07) is 15.3. The molecule has 3 aromatic rings. The van der Waals surface area contributed by atoms with Crippen LogP contribution in [0.2, 0.25) is 0 Å². The summed E-state index contributed by atoms with van der Waals surface area (Å²) >= 11 is 4.56. The summed E-state index contributed by atoms with van der Waals surface area (Å²) < 4.78 is 2.25. The van der Waals surface area contributed by atoms with Crippen molar-refractivity contribution in [2.24, 2.45) is 5.10 Å². The Kier molecular flexibility index (Phi) is 6.66. The van der Waals surface area contributed by atoms with Gasteiger partial charge in [0.25, 0.3) is 5.95 Å². The highest BCUT2D eigenvalue weighted by atomic mass is 79.9. The Morgan fingerprint density at radius 3 is 2.64 bits per heavy atom. The molecule has 28 heavy (non-hydrogen) atoms. The molecule has 0 aliphatic rings. The van der Waals surface area contributed by atoms with E-state index in [2.05, 4.69) is 42.0 Å². The summed E-state index contributed by atoms with van der Waals surface area (Å²) in [4.78, 5) is 12.1. The Morgan fingerprint density at radius 1 is 1.21 bits per heavy atom. The first-order valence-electron chi connectivity index (χ1n) is 8.26. The number of rotatable bonds is 7. The van der Waals surface area contributed by atoms with Crippen molar-refractivity contribution in [2.45, 2.75) is 12.1 Å². The van der Waals surface area contributed by atoms with E-state index in [4.69, 9.17) is 5.84 Å². The maximum atomic E-state index is 12.1. The SMILES string of the molecule is Cc1ccc(NC(=O)CSc2nnc(N/N=C/c3ccc(Br)cc3)n2N)cc1. The number of hydrogen-bond donors (Lipinski definition) is 3. The van der Waals surface area contributed by atoms with E-state index in [-0.39, 0.29) is 17.6 Å². The van der Waals surface area contributed by atoms with Crippen LogP contribution in [0.15, 0.2) is 63.3 Å². The number of carbonyl (C=O) groups is 1. The summed E-state index contributed by atoms with van der Waals surface area (Å²) in [6.45, 7) is 1.99. The number of hydrazone groups is 1. The molecule has 0 bridgehead atoms. The van der Waals surface area contributed by atoms with Gasteiger partial charge in [-0.3, -0.25) is 4.79 Å². The molecule has 0 saturated heterocycles. The minimum Gasteiger partial charge on any atom is -0.334 e. The zero-order chi connectivity index (χ0) is 19.9. The van der Waals surface area contributed by atoms with E-state index in [1.807, 2.05) is 55.5 Å². The smallest absolute Gasteiger partial charge is 0.264 e. The summed E-state index contributed by atoms with van der Waals surface area (Å²) in [5.41, 5.74) is 5.53. The second-order valence-electron chi connectivity index (χ2n) is 5.80. The minimum absolute atomic E-state index is 0.153. The van der Waals surface area contributed by atoms with Crippen molar-refractivity contribution in [2.75, 3.05) is 22.3 Å². The summed E-state index contributed by atoms with van der Waals surface area (Å²) in [5, 5.41) is 15.2. The normalized spacial score (nSPS) is 10.9. The third kappa shape index (κ3) is 5.57. The predicted molar refractivity (Wildman–Crippen MR) is 116 cm³/mol. The molecule has 0 atom stereocenters. The molecule has 8 nitrogen and oxygen atoms in total. The molecule has 144 valence electrons. The van der Waals surface area contributed by atoms with Gasteiger partial charge in [-0.15, -0.1) is 10.2 Å². The second kappa shape index (κ2) is 9.38. The molecule has 0 saturated carbocycles. The van der Waals surface area contributed by atoms with Gasteiger partial charge in [0.15, 0.2) is 0 Å².